The maximum Gasteiger partial charge on any atom is 0.0594 e. The fourth-order valence-corrected chi connectivity index (χ4v) is 2.25. The second-order valence-electron chi connectivity index (χ2n) is 4.76. The third kappa shape index (κ3) is 5.60. The molecule has 106 valence electrons. The molecule has 2 fully saturated rings. The molecule has 6 nitrogen and oxygen atoms in total. The van der Waals surface area contributed by atoms with Gasteiger partial charge in [-0.2, -0.15) is 0 Å². The highest BCUT2D eigenvalue weighted by Gasteiger charge is 2.10. The molecule has 2 aliphatic rings. The van der Waals surface area contributed by atoms with Crippen molar-refractivity contribution in [2.45, 2.75) is 0 Å². The fourth-order valence-electron chi connectivity index (χ4n) is 2.25. The van der Waals surface area contributed by atoms with E-state index in [-0.39, 0.29) is 0 Å². The van der Waals surface area contributed by atoms with Gasteiger partial charge in [-0.05, 0) is 0 Å². The van der Waals surface area contributed by atoms with Crippen LogP contribution >= 0.6 is 0 Å². The summed E-state index contributed by atoms with van der Waals surface area (Å²) in [5, 5.41) is 0. The summed E-state index contributed by atoms with van der Waals surface area (Å²) < 4.78 is 10.6. The topological polar surface area (TPSA) is 49.0 Å². The van der Waals surface area contributed by atoms with Crippen LogP contribution in [-0.2, 0) is 9.47 Å². The number of nitrogens with zero attached hydrogens (tertiary/aromatic N) is 2. The first-order chi connectivity index (χ1) is 8.95. The minimum Gasteiger partial charge on any atom is -0.379 e. The van der Waals surface area contributed by atoms with Crippen molar-refractivity contribution in [1.29, 1.82) is 0 Å². The van der Waals surface area contributed by atoms with Gasteiger partial charge in [0.2, 0.25) is 0 Å². The molecule has 0 aliphatic carbocycles. The van der Waals surface area contributed by atoms with Gasteiger partial charge in [0.25, 0.3) is 0 Å². The first kappa shape index (κ1) is 14.2. The molecule has 0 amide bonds. The molecule has 0 bridgehead atoms. The summed E-state index contributed by atoms with van der Waals surface area (Å²) in [4.78, 5) is 4.86. The lowest BCUT2D eigenvalue weighted by Crippen LogP contribution is -2.46. The molecule has 0 aromatic rings. The third-order valence-corrected chi connectivity index (χ3v) is 3.44. The van der Waals surface area contributed by atoms with Crippen LogP contribution in [0, 0.1) is 0 Å². The van der Waals surface area contributed by atoms with Crippen LogP contribution in [0.3, 0.4) is 0 Å². The van der Waals surface area contributed by atoms with Crippen molar-refractivity contribution in [3.63, 3.8) is 0 Å². The van der Waals surface area contributed by atoms with Crippen molar-refractivity contribution in [1.82, 2.24) is 20.7 Å². The Morgan fingerprint density at radius 2 is 1.06 bits per heavy atom. The molecular formula is C12H26N4O2. The minimum absolute atomic E-state index is 0.879. The maximum absolute atomic E-state index is 5.32. The van der Waals surface area contributed by atoms with Gasteiger partial charge in [0.05, 0.1) is 26.4 Å². The highest BCUT2D eigenvalue weighted by molar-refractivity contribution is 4.64. The van der Waals surface area contributed by atoms with Gasteiger partial charge >= 0.3 is 0 Å². The average Bonchev–Trinajstić information content (AvgIpc) is 2.45. The highest BCUT2D eigenvalue weighted by atomic mass is 16.5. The lowest BCUT2D eigenvalue weighted by Gasteiger charge is -2.27. The van der Waals surface area contributed by atoms with Crippen molar-refractivity contribution in [2.24, 2.45) is 0 Å². The quantitative estimate of drug-likeness (QED) is 0.439. The van der Waals surface area contributed by atoms with Crippen LogP contribution in [0.15, 0.2) is 0 Å². The predicted molar refractivity (Wildman–Crippen MR) is 70.5 cm³/mol. The van der Waals surface area contributed by atoms with Gasteiger partial charge in [-0.25, -0.2) is 0 Å². The molecule has 2 N–H and O–H groups in total. The Bertz CT molecular complexity index is 184. The molecule has 2 rings (SSSR count). The van der Waals surface area contributed by atoms with Gasteiger partial charge in [-0.15, -0.1) is 0 Å². The second-order valence-corrected chi connectivity index (χ2v) is 4.76. The van der Waals surface area contributed by atoms with E-state index in [2.05, 4.69) is 20.7 Å². The smallest absolute Gasteiger partial charge is 0.0594 e. The molecule has 0 saturated carbocycles. The number of hydrogen-bond acceptors (Lipinski definition) is 6. The van der Waals surface area contributed by atoms with E-state index in [4.69, 9.17) is 9.47 Å². The SMILES string of the molecule is C(CN1CCOCC1)NNCCN1CCOCC1. The summed E-state index contributed by atoms with van der Waals surface area (Å²) >= 11 is 0. The van der Waals surface area contributed by atoms with Crippen LogP contribution in [0.5, 0.6) is 0 Å². The van der Waals surface area contributed by atoms with Crippen LogP contribution in [0.1, 0.15) is 0 Å². The summed E-state index contributed by atoms with van der Waals surface area (Å²) in [5.74, 6) is 0. The number of morpholine rings is 2. The molecule has 6 heteroatoms. The molecule has 0 spiro atoms. The van der Waals surface area contributed by atoms with E-state index < -0.39 is 0 Å². The molecule has 18 heavy (non-hydrogen) atoms. The Kier molecular flexibility index (Phi) is 6.92. The van der Waals surface area contributed by atoms with Gasteiger partial charge in [0.1, 0.15) is 0 Å². The summed E-state index contributed by atoms with van der Waals surface area (Å²) in [6.07, 6.45) is 0. The van der Waals surface area contributed by atoms with E-state index in [1.165, 1.54) is 0 Å². The van der Waals surface area contributed by atoms with E-state index in [9.17, 15) is 0 Å². The van der Waals surface area contributed by atoms with Gasteiger partial charge < -0.3 is 9.47 Å². The number of hydrazine groups is 1. The van der Waals surface area contributed by atoms with Crippen molar-refractivity contribution < 1.29 is 9.47 Å². The second kappa shape index (κ2) is 8.79. The van der Waals surface area contributed by atoms with Crippen molar-refractivity contribution >= 4 is 0 Å². The van der Waals surface area contributed by atoms with E-state index in [1.807, 2.05) is 0 Å². The maximum atomic E-state index is 5.32. The zero-order chi connectivity index (χ0) is 12.5. The number of ether oxygens (including phenoxy) is 2. The zero-order valence-corrected chi connectivity index (χ0v) is 11.2. The monoisotopic (exact) mass is 258 g/mol. The van der Waals surface area contributed by atoms with Gasteiger partial charge in [-0.3, -0.25) is 20.7 Å². The van der Waals surface area contributed by atoms with E-state index in [1.54, 1.807) is 0 Å². The molecule has 2 heterocycles. The minimum atomic E-state index is 0.879. The molecule has 0 atom stereocenters. The molecular weight excluding hydrogens is 232 g/mol. The lowest BCUT2D eigenvalue weighted by atomic mass is 10.4. The molecule has 0 aromatic heterocycles. The lowest BCUT2D eigenvalue weighted by molar-refractivity contribution is 0.0359. The molecule has 0 aromatic carbocycles. The Hall–Kier alpha value is -0.240. The van der Waals surface area contributed by atoms with Gasteiger partial charge in [0.15, 0.2) is 0 Å². The molecule has 0 unspecified atom stereocenters. The standard InChI is InChI=1S/C12H26N4O2/c1(3-15-5-9-17-10-6-15)13-14-2-4-16-7-11-18-12-8-16/h13-14H,1-12H2. The molecule has 0 radical (unpaired) electrons. The summed E-state index contributed by atoms with van der Waals surface area (Å²) in [6, 6.07) is 0. The van der Waals surface area contributed by atoms with Crippen molar-refractivity contribution in [3.05, 3.63) is 0 Å². The van der Waals surface area contributed by atoms with Crippen LogP contribution in [-0.4, -0.2) is 88.6 Å². The average molecular weight is 258 g/mol. The number of hydrogen-bond donors (Lipinski definition) is 2. The Morgan fingerprint density at radius 1 is 0.667 bits per heavy atom. The first-order valence-electron chi connectivity index (χ1n) is 7.01. The van der Waals surface area contributed by atoms with Gasteiger partial charge in [-0.1, -0.05) is 0 Å². The van der Waals surface area contributed by atoms with E-state index >= 15 is 0 Å². The summed E-state index contributed by atoms with van der Waals surface area (Å²) in [5.41, 5.74) is 6.56. The normalized spacial score (nSPS) is 23.3. The zero-order valence-electron chi connectivity index (χ0n) is 11.2. The highest BCUT2D eigenvalue weighted by Crippen LogP contribution is 1.95. The van der Waals surface area contributed by atoms with Crippen molar-refractivity contribution in [3.8, 4) is 0 Å². The number of rotatable bonds is 7. The summed E-state index contributed by atoms with van der Waals surface area (Å²) in [7, 11) is 0. The van der Waals surface area contributed by atoms with E-state index in [0.29, 0.717) is 0 Å². The number of nitrogens with one attached hydrogen (secondary N) is 2. The first-order valence-corrected chi connectivity index (χ1v) is 7.01. The van der Waals surface area contributed by atoms with Crippen LogP contribution in [0.2, 0.25) is 0 Å². The van der Waals surface area contributed by atoms with E-state index in [0.717, 1.165) is 78.8 Å². The van der Waals surface area contributed by atoms with Crippen LogP contribution < -0.4 is 10.9 Å². The Balaban J connectivity index is 1.39. The van der Waals surface area contributed by atoms with Gasteiger partial charge in [0, 0.05) is 52.4 Å². The Morgan fingerprint density at radius 3 is 1.44 bits per heavy atom. The largest absolute Gasteiger partial charge is 0.379 e. The fraction of sp³-hybridized carbons (Fsp3) is 1.00. The van der Waals surface area contributed by atoms with Crippen molar-refractivity contribution in [2.75, 3.05) is 78.8 Å². The summed E-state index contributed by atoms with van der Waals surface area (Å²) in [6.45, 7) is 11.9. The Labute approximate surface area is 110 Å². The molecule has 2 aliphatic heterocycles. The van der Waals surface area contributed by atoms with Crippen LogP contribution in [0.25, 0.3) is 0 Å². The third-order valence-electron chi connectivity index (χ3n) is 3.44. The predicted octanol–water partition coefficient (Wildman–Crippen LogP) is -1.25. The molecule has 2 saturated heterocycles. The van der Waals surface area contributed by atoms with Crippen LogP contribution in [0.4, 0.5) is 0 Å².